The van der Waals surface area contributed by atoms with E-state index in [1.807, 2.05) is 0 Å². The number of hydrogen-bond donors (Lipinski definition) is 3. The van der Waals surface area contributed by atoms with Gasteiger partial charge in [0, 0.05) is 49.2 Å². The highest BCUT2D eigenvalue weighted by Crippen LogP contribution is 2.23. The lowest BCUT2D eigenvalue weighted by Gasteiger charge is -2.33. The number of carbonyl (C=O) groups is 2. The Hall–Kier alpha value is -4.32. The molecule has 1 atom stereocenters. The summed E-state index contributed by atoms with van der Waals surface area (Å²) >= 11 is 0. The predicted molar refractivity (Wildman–Crippen MR) is 164 cm³/mol. The predicted octanol–water partition coefficient (Wildman–Crippen LogP) is 5.43. The Balaban J connectivity index is 1.08. The fourth-order valence-corrected chi connectivity index (χ4v) is 5.55. The molecular formula is C32H39F2N7O3. The lowest BCUT2D eigenvalue weighted by molar-refractivity contribution is 0.0938. The number of rotatable bonds is 10. The van der Waals surface area contributed by atoms with Crippen LogP contribution in [0.5, 0.6) is 5.88 Å². The van der Waals surface area contributed by atoms with Gasteiger partial charge in [-0.05, 0) is 81.5 Å². The van der Waals surface area contributed by atoms with Gasteiger partial charge >= 0.3 is 6.03 Å². The minimum atomic E-state index is -0.682. The molecule has 1 aromatic heterocycles. The minimum absolute atomic E-state index is 0.104. The zero-order valence-electron chi connectivity index (χ0n) is 24.9. The standard InChI is InChI=1S/C32H39F2N7O3/c1-22-6-2-3-14-40(22)17-13-35-29(42)24-7-4-9-26(18-24)37-31-36-20-28(34)30(39-31)44-21-23-11-15-41(16-12-23)32(43)38-27-10-5-8-25(33)19-27/h4-5,7-10,18-20,22-23H,2-3,6,11-17,21H2,1H3,(H,35,42)(H,38,43)(H,36,37,39). The Morgan fingerprint density at radius 1 is 1.00 bits per heavy atom. The summed E-state index contributed by atoms with van der Waals surface area (Å²) in [5.41, 5.74) is 1.48. The van der Waals surface area contributed by atoms with Crippen LogP contribution in [-0.2, 0) is 0 Å². The summed E-state index contributed by atoms with van der Waals surface area (Å²) in [6.07, 6.45) is 6.03. The summed E-state index contributed by atoms with van der Waals surface area (Å²) in [5.74, 6) is -1.19. The van der Waals surface area contributed by atoms with Gasteiger partial charge in [-0.1, -0.05) is 18.6 Å². The lowest BCUT2D eigenvalue weighted by atomic mass is 9.98. The largest absolute Gasteiger partial charge is 0.475 e. The van der Waals surface area contributed by atoms with Crippen molar-refractivity contribution in [2.75, 3.05) is 50.0 Å². The highest BCUT2D eigenvalue weighted by atomic mass is 19.1. The first-order valence-electron chi connectivity index (χ1n) is 15.2. The van der Waals surface area contributed by atoms with Gasteiger partial charge in [-0.25, -0.2) is 14.2 Å². The van der Waals surface area contributed by atoms with Gasteiger partial charge in [0.25, 0.3) is 11.8 Å². The van der Waals surface area contributed by atoms with E-state index in [0.29, 0.717) is 55.5 Å². The van der Waals surface area contributed by atoms with Crippen LogP contribution in [0.25, 0.3) is 0 Å². The number of anilines is 3. The highest BCUT2D eigenvalue weighted by molar-refractivity contribution is 5.95. The number of amides is 3. The van der Waals surface area contributed by atoms with E-state index < -0.39 is 11.6 Å². The molecule has 10 nitrogen and oxygen atoms in total. The molecule has 3 amide bonds. The first-order chi connectivity index (χ1) is 21.3. The second-order valence-electron chi connectivity index (χ2n) is 11.4. The number of nitrogens with zero attached hydrogens (tertiary/aromatic N) is 4. The first kappa shape index (κ1) is 31.1. The molecule has 2 aromatic carbocycles. The molecule has 0 aliphatic carbocycles. The smallest absolute Gasteiger partial charge is 0.321 e. The van der Waals surface area contributed by atoms with E-state index in [1.54, 1.807) is 35.2 Å². The van der Waals surface area contributed by atoms with Gasteiger partial charge in [0.2, 0.25) is 11.8 Å². The molecule has 0 saturated carbocycles. The molecule has 2 saturated heterocycles. The monoisotopic (exact) mass is 607 g/mol. The summed E-state index contributed by atoms with van der Waals surface area (Å²) in [7, 11) is 0. The number of urea groups is 1. The zero-order valence-corrected chi connectivity index (χ0v) is 24.9. The van der Waals surface area contributed by atoms with Crippen molar-refractivity contribution in [2.24, 2.45) is 5.92 Å². The number of ether oxygens (including phenoxy) is 1. The molecule has 12 heteroatoms. The van der Waals surface area contributed by atoms with E-state index in [2.05, 4.69) is 37.7 Å². The van der Waals surface area contributed by atoms with Gasteiger partial charge < -0.3 is 25.6 Å². The fourth-order valence-electron chi connectivity index (χ4n) is 5.55. The van der Waals surface area contributed by atoms with Crippen LogP contribution < -0.4 is 20.7 Å². The molecule has 0 radical (unpaired) electrons. The van der Waals surface area contributed by atoms with Gasteiger partial charge in [-0.3, -0.25) is 9.69 Å². The number of halogens is 2. The maximum atomic E-state index is 14.5. The molecule has 2 aliphatic heterocycles. The van der Waals surface area contributed by atoms with Gasteiger partial charge in [0.05, 0.1) is 12.8 Å². The maximum absolute atomic E-state index is 14.5. The molecule has 2 aliphatic rings. The van der Waals surface area contributed by atoms with Crippen LogP contribution in [-0.4, -0.2) is 77.1 Å². The van der Waals surface area contributed by atoms with Gasteiger partial charge in [-0.15, -0.1) is 0 Å². The van der Waals surface area contributed by atoms with E-state index in [0.717, 1.165) is 19.3 Å². The van der Waals surface area contributed by atoms with Crippen molar-refractivity contribution < 1.29 is 23.1 Å². The van der Waals surface area contributed by atoms with E-state index >= 15 is 0 Å². The molecule has 0 bridgehead atoms. The maximum Gasteiger partial charge on any atom is 0.321 e. The molecule has 3 heterocycles. The minimum Gasteiger partial charge on any atom is -0.475 e. The van der Waals surface area contributed by atoms with Crippen LogP contribution in [0.15, 0.2) is 54.7 Å². The zero-order chi connectivity index (χ0) is 30.9. The quantitative estimate of drug-likeness (QED) is 0.282. The van der Waals surface area contributed by atoms with Crippen molar-refractivity contribution in [3.8, 4) is 5.88 Å². The van der Waals surface area contributed by atoms with E-state index in [-0.39, 0.29) is 36.3 Å². The third-order valence-corrected chi connectivity index (χ3v) is 8.15. The van der Waals surface area contributed by atoms with Crippen LogP contribution in [0.3, 0.4) is 0 Å². The Kier molecular flexibility index (Phi) is 10.5. The average molecular weight is 608 g/mol. The summed E-state index contributed by atoms with van der Waals surface area (Å²) in [6.45, 7) is 5.92. The van der Waals surface area contributed by atoms with Crippen LogP contribution in [0.1, 0.15) is 49.4 Å². The topological polar surface area (TPSA) is 112 Å². The normalized spacial score (nSPS) is 17.6. The number of nitrogens with one attached hydrogen (secondary N) is 3. The van der Waals surface area contributed by atoms with Crippen LogP contribution >= 0.6 is 0 Å². The highest BCUT2D eigenvalue weighted by Gasteiger charge is 2.24. The van der Waals surface area contributed by atoms with Crippen molar-refractivity contribution in [1.82, 2.24) is 25.1 Å². The van der Waals surface area contributed by atoms with Crippen LogP contribution in [0, 0.1) is 17.6 Å². The fraction of sp³-hybridized carbons (Fsp3) is 0.438. The average Bonchev–Trinajstić information content (AvgIpc) is 3.02. The molecule has 0 spiro atoms. The number of aromatic nitrogens is 2. The lowest BCUT2D eigenvalue weighted by Crippen LogP contribution is -2.42. The molecular weight excluding hydrogens is 568 g/mol. The second-order valence-corrected chi connectivity index (χ2v) is 11.4. The Bertz CT molecular complexity index is 1430. The number of likely N-dealkylation sites (tertiary alicyclic amines) is 2. The van der Waals surface area contributed by atoms with E-state index in [9.17, 15) is 18.4 Å². The number of piperidine rings is 2. The third-order valence-electron chi connectivity index (χ3n) is 8.15. The molecule has 5 rings (SSSR count). The second kappa shape index (κ2) is 14.9. The van der Waals surface area contributed by atoms with Crippen molar-refractivity contribution in [3.05, 3.63) is 71.9 Å². The summed E-state index contributed by atoms with van der Waals surface area (Å²) in [4.78, 5) is 37.6. The summed E-state index contributed by atoms with van der Waals surface area (Å²) < 4.78 is 33.6. The van der Waals surface area contributed by atoms with Crippen LogP contribution in [0.4, 0.5) is 30.9 Å². The van der Waals surface area contributed by atoms with Gasteiger partial charge in [0.15, 0.2) is 0 Å². The van der Waals surface area contributed by atoms with E-state index in [1.165, 1.54) is 37.5 Å². The van der Waals surface area contributed by atoms with Crippen molar-refractivity contribution >= 4 is 29.3 Å². The SMILES string of the molecule is CC1CCCCN1CCNC(=O)c1cccc(Nc2ncc(F)c(OCC3CCN(C(=O)Nc4cccc(F)c4)CC3)n2)c1. The Morgan fingerprint density at radius 3 is 2.59 bits per heavy atom. The molecule has 44 heavy (non-hydrogen) atoms. The van der Waals surface area contributed by atoms with Crippen molar-refractivity contribution in [1.29, 1.82) is 0 Å². The van der Waals surface area contributed by atoms with Crippen LogP contribution in [0.2, 0.25) is 0 Å². The molecule has 1 unspecified atom stereocenters. The Morgan fingerprint density at radius 2 is 1.80 bits per heavy atom. The van der Waals surface area contributed by atoms with E-state index in [4.69, 9.17) is 4.74 Å². The molecule has 3 aromatic rings. The van der Waals surface area contributed by atoms with Crippen molar-refractivity contribution in [3.63, 3.8) is 0 Å². The Labute approximate surface area is 256 Å². The number of hydrogen-bond acceptors (Lipinski definition) is 7. The van der Waals surface area contributed by atoms with Gasteiger partial charge in [-0.2, -0.15) is 9.37 Å². The third kappa shape index (κ3) is 8.62. The molecule has 234 valence electrons. The number of benzene rings is 2. The molecule has 2 fully saturated rings. The van der Waals surface area contributed by atoms with Gasteiger partial charge in [0.1, 0.15) is 5.82 Å². The van der Waals surface area contributed by atoms with Crippen molar-refractivity contribution in [2.45, 2.75) is 45.1 Å². The first-order valence-corrected chi connectivity index (χ1v) is 15.2. The molecule has 3 N–H and O–H groups in total. The summed E-state index contributed by atoms with van der Waals surface area (Å²) in [6, 6.07) is 13.0. The summed E-state index contributed by atoms with van der Waals surface area (Å²) in [5, 5.41) is 8.73. The number of carbonyl (C=O) groups excluding carboxylic acids is 2.